The van der Waals surface area contributed by atoms with Gasteiger partial charge in [0, 0.05) is 35.3 Å². The Bertz CT molecular complexity index is 1400. The van der Waals surface area contributed by atoms with Crippen molar-refractivity contribution < 1.29 is 23.8 Å². The summed E-state index contributed by atoms with van der Waals surface area (Å²) in [5.41, 5.74) is 4.17. The van der Waals surface area contributed by atoms with Crippen LogP contribution in [-0.2, 0) is 27.4 Å². The van der Waals surface area contributed by atoms with E-state index in [0.717, 1.165) is 37.7 Å². The van der Waals surface area contributed by atoms with Gasteiger partial charge in [-0.15, -0.1) is 23.7 Å². The molecular formula is C27H29ClN2O5S. The van der Waals surface area contributed by atoms with Crippen LogP contribution in [0, 0.1) is 6.92 Å². The highest BCUT2D eigenvalue weighted by atomic mass is 35.5. The molecule has 36 heavy (non-hydrogen) atoms. The Morgan fingerprint density at radius 1 is 0.972 bits per heavy atom. The summed E-state index contributed by atoms with van der Waals surface area (Å²) in [6, 6.07) is 13.3. The summed E-state index contributed by atoms with van der Waals surface area (Å²) in [5.74, 6) is 0.165. The number of rotatable bonds is 10. The predicted molar refractivity (Wildman–Crippen MR) is 146 cm³/mol. The number of nitrogens with zero attached hydrogens (tertiary/aromatic N) is 1. The van der Waals surface area contributed by atoms with Crippen molar-refractivity contribution in [3.05, 3.63) is 69.6 Å². The highest BCUT2D eigenvalue weighted by molar-refractivity contribution is 7.21. The molecule has 4 rings (SSSR count). The number of aromatic nitrogens is 1. The summed E-state index contributed by atoms with van der Waals surface area (Å²) < 4.78 is 16.8. The molecule has 7 nitrogen and oxygen atoms in total. The Labute approximate surface area is 220 Å². The van der Waals surface area contributed by atoms with E-state index in [1.165, 1.54) is 18.3 Å². The first-order valence-electron chi connectivity index (χ1n) is 11.3. The maximum atomic E-state index is 13.3. The largest absolute Gasteiger partial charge is 0.382 e. The average molecular weight is 529 g/mol. The minimum atomic E-state index is -0.257. The van der Waals surface area contributed by atoms with Crippen LogP contribution in [0.25, 0.3) is 21.0 Å². The van der Waals surface area contributed by atoms with Gasteiger partial charge in [-0.05, 0) is 54.8 Å². The van der Waals surface area contributed by atoms with Gasteiger partial charge in [0.15, 0.2) is 5.78 Å². The molecule has 1 N–H and O–H groups in total. The van der Waals surface area contributed by atoms with E-state index in [4.69, 9.17) is 14.2 Å². The number of methoxy groups -OCH3 is 2. The molecule has 4 aromatic rings. The number of hydrogen-bond donors (Lipinski definition) is 1. The van der Waals surface area contributed by atoms with E-state index in [1.807, 2.05) is 37.3 Å². The Morgan fingerprint density at radius 3 is 2.50 bits per heavy atom. The number of aryl methyl sites for hydroxylation is 1. The highest BCUT2D eigenvalue weighted by Gasteiger charge is 2.21. The Balaban J connectivity index is 0.00000361. The van der Waals surface area contributed by atoms with E-state index in [1.54, 1.807) is 26.4 Å². The van der Waals surface area contributed by atoms with Gasteiger partial charge in [0.05, 0.1) is 36.8 Å². The second kappa shape index (κ2) is 12.4. The molecule has 0 fully saturated rings. The van der Waals surface area contributed by atoms with Gasteiger partial charge in [-0.25, -0.2) is 4.98 Å². The number of amides is 1. The lowest BCUT2D eigenvalue weighted by Gasteiger charge is -2.09. The van der Waals surface area contributed by atoms with E-state index in [-0.39, 0.29) is 24.1 Å². The molecule has 0 radical (unpaired) electrons. The first-order chi connectivity index (χ1) is 16.9. The van der Waals surface area contributed by atoms with Crippen molar-refractivity contribution in [1.82, 2.24) is 4.98 Å². The summed E-state index contributed by atoms with van der Waals surface area (Å²) in [6.45, 7) is 5.35. The molecule has 2 aromatic carbocycles. The molecule has 0 aliphatic heterocycles. The van der Waals surface area contributed by atoms with Gasteiger partial charge in [0.25, 0.3) is 5.91 Å². The molecule has 0 atom stereocenters. The predicted octanol–water partition coefficient (Wildman–Crippen LogP) is 5.94. The van der Waals surface area contributed by atoms with Crippen LogP contribution in [0.2, 0.25) is 0 Å². The van der Waals surface area contributed by atoms with Gasteiger partial charge in [-0.1, -0.05) is 18.2 Å². The van der Waals surface area contributed by atoms with Crippen molar-refractivity contribution >= 4 is 62.2 Å². The maximum absolute atomic E-state index is 13.3. The molecule has 1 amide bonds. The van der Waals surface area contributed by atoms with Gasteiger partial charge in [-0.3, -0.25) is 9.59 Å². The van der Waals surface area contributed by atoms with E-state index in [0.29, 0.717) is 42.7 Å². The van der Waals surface area contributed by atoms with Crippen molar-refractivity contribution in [1.29, 1.82) is 0 Å². The quantitative estimate of drug-likeness (QED) is 0.202. The maximum Gasteiger partial charge on any atom is 0.267 e. The first kappa shape index (κ1) is 27.7. The van der Waals surface area contributed by atoms with Crippen molar-refractivity contribution in [2.75, 3.05) is 32.8 Å². The first-order valence-corrected chi connectivity index (χ1v) is 12.1. The van der Waals surface area contributed by atoms with Crippen LogP contribution in [-0.4, -0.2) is 44.1 Å². The van der Waals surface area contributed by atoms with Gasteiger partial charge < -0.3 is 19.5 Å². The Morgan fingerprint density at radius 2 is 1.78 bits per heavy atom. The van der Waals surface area contributed by atoms with Crippen LogP contribution in [0.4, 0.5) is 5.82 Å². The number of carbonyl (C=O) groups is 2. The van der Waals surface area contributed by atoms with Crippen molar-refractivity contribution in [2.24, 2.45) is 0 Å². The lowest BCUT2D eigenvalue weighted by atomic mass is 10.0. The SMILES string of the molecule is COCCOCc1cccc2nc(NC(=O)c3sc4c(C(C)=O)ccc(COC)c4c3C)ccc12.Cl. The third-order valence-corrected chi connectivity index (χ3v) is 7.13. The molecule has 9 heteroatoms. The second-order valence-corrected chi connectivity index (χ2v) is 9.22. The number of ether oxygens (including phenoxy) is 3. The Kier molecular flexibility index (Phi) is 9.53. The summed E-state index contributed by atoms with van der Waals surface area (Å²) in [4.78, 5) is 30.7. The van der Waals surface area contributed by atoms with E-state index in [9.17, 15) is 9.59 Å². The second-order valence-electron chi connectivity index (χ2n) is 8.20. The highest BCUT2D eigenvalue weighted by Crippen LogP contribution is 2.37. The minimum absolute atomic E-state index is 0. The molecule has 2 heterocycles. The molecular weight excluding hydrogens is 500 g/mol. The minimum Gasteiger partial charge on any atom is -0.382 e. The van der Waals surface area contributed by atoms with Crippen LogP contribution in [0.5, 0.6) is 0 Å². The van der Waals surface area contributed by atoms with E-state index < -0.39 is 0 Å². The number of thiophene rings is 1. The number of halogens is 1. The normalized spacial score (nSPS) is 11.0. The standard InChI is InChI=1S/C27H28N2O5S.ClH/c1-16-24-19(14-33-4)8-9-20(17(2)30)26(24)35-25(16)27(31)29-23-11-10-21-18(15-34-13-12-32-3)6-5-7-22(21)28-23;/h5-11H,12-15H2,1-4H3,(H,28,29,31);1H. The smallest absolute Gasteiger partial charge is 0.267 e. The molecule has 0 saturated carbocycles. The molecule has 0 bridgehead atoms. The Hall–Kier alpha value is -2.88. The molecule has 2 aromatic heterocycles. The van der Waals surface area contributed by atoms with Crippen LogP contribution in [0.1, 0.15) is 43.6 Å². The van der Waals surface area contributed by atoms with Crippen molar-refractivity contribution in [2.45, 2.75) is 27.1 Å². The lowest BCUT2D eigenvalue weighted by molar-refractivity contribution is 0.0621. The van der Waals surface area contributed by atoms with Crippen LogP contribution >= 0.6 is 23.7 Å². The van der Waals surface area contributed by atoms with Crippen molar-refractivity contribution in [3.8, 4) is 0 Å². The van der Waals surface area contributed by atoms with Gasteiger partial charge in [0.1, 0.15) is 5.82 Å². The van der Waals surface area contributed by atoms with Crippen LogP contribution < -0.4 is 5.32 Å². The van der Waals surface area contributed by atoms with Gasteiger partial charge in [-0.2, -0.15) is 0 Å². The zero-order valence-corrected chi connectivity index (χ0v) is 22.3. The summed E-state index contributed by atoms with van der Waals surface area (Å²) in [7, 11) is 3.27. The summed E-state index contributed by atoms with van der Waals surface area (Å²) >= 11 is 1.32. The summed E-state index contributed by atoms with van der Waals surface area (Å²) in [5, 5.41) is 4.80. The summed E-state index contributed by atoms with van der Waals surface area (Å²) in [6.07, 6.45) is 0. The van der Waals surface area contributed by atoms with E-state index in [2.05, 4.69) is 10.3 Å². The molecule has 0 aliphatic carbocycles. The monoisotopic (exact) mass is 528 g/mol. The number of nitrogens with one attached hydrogen (secondary N) is 1. The topological polar surface area (TPSA) is 86.8 Å². The van der Waals surface area contributed by atoms with Crippen LogP contribution in [0.3, 0.4) is 0 Å². The zero-order valence-electron chi connectivity index (χ0n) is 20.7. The number of fused-ring (bicyclic) bond motifs is 2. The fourth-order valence-electron chi connectivity index (χ4n) is 4.11. The fraction of sp³-hybridized carbons (Fsp3) is 0.296. The lowest BCUT2D eigenvalue weighted by Crippen LogP contribution is -2.12. The third kappa shape index (κ3) is 5.74. The molecule has 0 spiro atoms. The number of pyridine rings is 1. The molecule has 0 aliphatic rings. The van der Waals surface area contributed by atoms with Gasteiger partial charge in [0.2, 0.25) is 0 Å². The molecule has 0 unspecified atom stereocenters. The molecule has 0 saturated heterocycles. The number of anilines is 1. The van der Waals surface area contributed by atoms with Gasteiger partial charge >= 0.3 is 0 Å². The average Bonchev–Trinajstić information content (AvgIpc) is 3.19. The number of benzene rings is 2. The van der Waals surface area contributed by atoms with Crippen molar-refractivity contribution in [3.63, 3.8) is 0 Å². The third-order valence-electron chi connectivity index (χ3n) is 5.80. The van der Waals surface area contributed by atoms with Crippen LogP contribution in [0.15, 0.2) is 42.5 Å². The molecule has 190 valence electrons. The zero-order chi connectivity index (χ0) is 24.9. The number of ketones is 1. The number of hydrogen-bond acceptors (Lipinski definition) is 7. The number of Topliss-reactive ketones (excluding diaryl/α,β-unsaturated/α-hetero) is 1. The van der Waals surface area contributed by atoms with E-state index >= 15 is 0 Å². The fourth-order valence-corrected chi connectivity index (χ4v) is 5.43. The number of carbonyl (C=O) groups excluding carboxylic acids is 2.